The van der Waals surface area contributed by atoms with Crippen molar-refractivity contribution < 1.29 is 17.6 Å². The van der Waals surface area contributed by atoms with Crippen molar-refractivity contribution in [3.63, 3.8) is 0 Å². The van der Waals surface area contributed by atoms with Crippen LogP contribution in [-0.2, 0) is 0 Å². The first kappa shape index (κ1) is 16.3. The maximum absolute atomic E-state index is 13.6. The second-order valence-electron chi connectivity index (χ2n) is 5.40. The zero-order valence-corrected chi connectivity index (χ0v) is 12.8. The molecule has 0 radical (unpaired) electrons. The Hall–Kier alpha value is -2.58. The van der Waals surface area contributed by atoms with E-state index < -0.39 is 29.0 Å². The van der Waals surface area contributed by atoms with Crippen LogP contribution in [0.3, 0.4) is 0 Å². The van der Waals surface area contributed by atoms with E-state index in [1.54, 1.807) is 6.07 Å². The molecule has 0 aliphatic heterocycles. The average Bonchev–Trinajstić information content (AvgIpc) is 3.38. The molecule has 0 unspecified atom stereocenters. The molecule has 0 saturated heterocycles. The summed E-state index contributed by atoms with van der Waals surface area (Å²) < 4.78 is 53.7. The molecule has 1 heterocycles. The normalized spacial score (nSPS) is 13.7. The second-order valence-corrected chi connectivity index (χ2v) is 5.40. The molecule has 0 amide bonds. The van der Waals surface area contributed by atoms with E-state index in [-0.39, 0.29) is 11.9 Å². The second kappa shape index (κ2) is 6.50. The molecular weight excluding hydrogens is 326 g/mol. The topological polar surface area (TPSA) is 61.9 Å². The summed E-state index contributed by atoms with van der Waals surface area (Å²) in [5.74, 6) is -5.12. The largest absolute Gasteiger partial charge is 0.354 e. The molecule has 3 rings (SSSR count). The summed E-state index contributed by atoms with van der Waals surface area (Å²) in [6, 6.07) is 1.77. The van der Waals surface area contributed by atoms with Gasteiger partial charge in [0.05, 0.1) is 5.69 Å². The molecule has 0 atom stereocenters. The first-order valence-electron chi connectivity index (χ1n) is 7.47. The van der Waals surface area contributed by atoms with Gasteiger partial charge in [-0.1, -0.05) is 0 Å². The molecule has 24 heavy (non-hydrogen) atoms. The minimum atomic E-state index is -1.52. The summed E-state index contributed by atoms with van der Waals surface area (Å²) in [4.78, 5) is 8.47. The number of nitrogens with zero attached hydrogens (tertiary/aromatic N) is 2. The SMILES string of the molecule is CCNc1nc(NNc2c(F)c(F)cc(F)c2F)cc(C2CC2)n1. The maximum atomic E-state index is 13.6. The van der Waals surface area contributed by atoms with E-state index in [9.17, 15) is 17.6 Å². The van der Waals surface area contributed by atoms with Crippen LogP contribution in [0.2, 0.25) is 0 Å². The molecule has 128 valence electrons. The van der Waals surface area contributed by atoms with E-state index in [2.05, 4.69) is 26.1 Å². The van der Waals surface area contributed by atoms with E-state index in [1.807, 2.05) is 6.92 Å². The lowest BCUT2D eigenvalue weighted by Crippen LogP contribution is -2.16. The molecule has 1 aromatic heterocycles. The fourth-order valence-electron chi connectivity index (χ4n) is 2.16. The highest BCUT2D eigenvalue weighted by Gasteiger charge is 2.26. The van der Waals surface area contributed by atoms with Gasteiger partial charge in [0, 0.05) is 24.6 Å². The third-order valence-electron chi connectivity index (χ3n) is 3.50. The Bertz CT molecular complexity index is 738. The van der Waals surface area contributed by atoms with Gasteiger partial charge in [0.2, 0.25) is 5.95 Å². The van der Waals surface area contributed by atoms with Crippen molar-refractivity contribution >= 4 is 17.5 Å². The first-order chi connectivity index (χ1) is 11.5. The van der Waals surface area contributed by atoms with Crippen molar-refractivity contribution in [1.82, 2.24) is 9.97 Å². The highest BCUT2D eigenvalue weighted by molar-refractivity contribution is 5.53. The van der Waals surface area contributed by atoms with Crippen molar-refractivity contribution in [2.75, 3.05) is 22.7 Å². The number of halogens is 4. The highest BCUT2D eigenvalue weighted by Crippen LogP contribution is 2.39. The van der Waals surface area contributed by atoms with Crippen molar-refractivity contribution in [1.29, 1.82) is 0 Å². The van der Waals surface area contributed by atoms with Crippen LogP contribution in [0.25, 0.3) is 0 Å². The van der Waals surface area contributed by atoms with Crippen LogP contribution in [0.4, 0.5) is 35.0 Å². The smallest absolute Gasteiger partial charge is 0.224 e. The summed E-state index contributed by atoms with van der Waals surface area (Å²) in [6.45, 7) is 2.47. The quantitative estimate of drug-likeness (QED) is 0.424. The van der Waals surface area contributed by atoms with Gasteiger partial charge in [-0.2, -0.15) is 4.98 Å². The van der Waals surface area contributed by atoms with Gasteiger partial charge in [-0.3, -0.25) is 10.9 Å². The zero-order valence-electron chi connectivity index (χ0n) is 12.8. The van der Waals surface area contributed by atoms with Crippen LogP contribution >= 0.6 is 0 Å². The lowest BCUT2D eigenvalue weighted by Gasteiger charge is -2.13. The van der Waals surface area contributed by atoms with Gasteiger partial charge >= 0.3 is 0 Å². The van der Waals surface area contributed by atoms with E-state index in [1.165, 1.54) is 0 Å². The summed E-state index contributed by atoms with van der Waals surface area (Å²) in [5, 5.41) is 2.95. The number of benzene rings is 1. The third-order valence-corrected chi connectivity index (χ3v) is 3.50. The van der Waals surface area contributed by atoms with Gasteiger partial charge in [-0.05, 0) is 19.8 Å². The molecule has 1 aliphatic carbocycles. The van der Waals surface area contributed by atoms with Gasteiger partial charge in [0.25, 0.3) is 0 Å². The summed E-state index contributed by atoms with van der Waals surface area (Å²) in [5.41, 5.74) is 4.44. The standard InChI is InChI=1S/C15H15F4N5/c1-2-20-15-21-10(7-3-4-7)6-11(22-15)23-24-14-12(18)8(16)5-9(17)13(14)19/h5-7,24H,2-4H2,1H3,(H2,20,21,22,23). The Balaban J connectivity index is 1.84. The predicted octanol–water partition coefficient (Wildman–Crippen LogP) is 3.78. The average molecular weight is 341 g/mol. The van der Waals surface area contributed by atoms with Crippen LogP contribution in [0.15, 0.2) is 12.1 Å². The molecule has 2 aromatic rings. The fourth-order valence-corrected chi connectivity index (χ4v) is 2.16. The number of hydrogen-bond acceptors (Lipinski definition) is 5. The summed E-state index contributed by atoms with van der Waals surface area (Å²) >= 11 is 0. The van der Waals surface area contributed by atoms with Crippen molar-refractivity contribution in [3.8, 4) is 0 Å². The fraction of sp³-hybridized carbons (Fsp3) is 0.333. The Morgan fingerprint density at radius 2 is 1.67 bits per heavy atom. The molecule has 1 aromatic carbocycles. The van der Waals surface area contributed by atoms with Gasteiger partial charge in [-0.15, -0.1) is 0 Å². The van der Waals surface area contributed by atoms with Crippen LogP contribution < -0.4 is 16.2 Å². The van der Waals surface area contributed by atoms with Crippen molar-refractivity contribution in [2.45, 2.75) is 25.7 Å². The summed E-state index contributed by atoms with van der Waals surface area (Å²) in [7, 11) is 0. The van der Waals surface area contributed by atoms with Gasteiger partial charge in [0.1, 0.15) is 11.5 Å². The van der Waals surface area contributed by atoms with Crippen LogP contribution in [-0.4, -0.2) is 16.5 Å². The van der Waals surface area contributed by atoms with Crippen molar-refractivity contribution in [3.05, 3.63) is 41.1 Å². The number of hydrazine groups is 1. The molecule has 5 nitrogen and oxygen atoms in total. The van der Waals surface area contributed by atoms with Crippen LogP contribution in [0, 0.1) is 23.3 Å². The molecular formula is C15H15F4N5. The van der Waals surface area contributed by atoms with Gasteiger partial charge < -0.3 is 5.32 Å². The van der Waals surface area contributed by atoms with E-state index in [0.717, 1.165) is 18.5 Å². The zero-order chi connectivity index (χ0) is 17.3. The van der Waals surface area contributed by atoms with E-state index >= 15 is 0 Å². The third kappa shape index (κ3) is 3.34. The molecule has 0 spiro atoms. The Morgan fingerprint density at radius 3 is 2.25 bits per heavy atom. The minimum Gasteiger partial charge on any atom is -0.354 e. The molecule has 0 bridgehead atoms. The Morgan fingerprint density at radius 1 is 1.00 bits per heavy atom. The number of hydrogen-bond donors (Lipinski definition) is 3. The number of aromatic nitrogens is 2. The highest BCUT2D eigenvalue weighted by atomic mass is 19.2. The number of anilines is 3. The van der Waals surface area contributed by atoms with E-state index in [0.29, 0.717) is 18.4 Å². The molecule has 3 N–H and O–H groups in total. The number of rotatable bonds is 6. The van der Waals surface area contributed by atoms with Gasteiger partial charge in [0.15, 0.2) is 23.3 Å². The van der Waals surface area contributed by atoms with Crippen molar-refractivity contribution in [2.24, 2.45) is 0 Å². The predicted molar refractivity (Wildman–Crippen MR) is 81.7 cm³/mol. The van der Waals surface area contributed by atoms with E-state index in [4.69, 9.17) is 0 Å². The first-order valence-corrected chi connectivity index (χ1v) is 7.47. The Labute approximate surface area is 135 Å². The lowest BCUT2D eigenvalue weighted by atomic mass is 10.2. The monoisotopic (exact) mass is 341 g/mol. The molecule has 1 aliphatic rings. The summed E-state index contributed by atoms with van der Waals surface area (Å²) in [6.07, 6.45) is 2.02. The van der Waals surface area contributed by atoms with Crippen LogP contribution in [0.5, 0.6) is 0 Å². The maximum Gasteiger partial charge on any atom is 0.224 e. The van der Waals surface area contributed by atoms with Gasteiger partial charge in [-0.25, -0.2) is 22.5 Å². The molecule has 9 heteroatoms. The number of nitrogens with one attached hydrogen (secondary N) is 3. The van der Waals surface area contributed by atoms with Crippen LogP contribution in [0.1, 0.15) is 31.4 Å². The Kier molecular flexibility index (Phi) is 4.41. The molecule has 1 fully saturated rings. The molecule has 1 saturated carbocycles. The lowest BCUT2D eigenvalue weighted by molar-refractivity contribution is 0.459. The minimum absolute atomic E-state index is 0.148.